The van der Waals surface area contributed by atoms with Gasteiger partial charge in [0.15, 0.2) is 0 Å². The first-order valence-corrected chi connectivity index (χ1v) is 5.66. The van der Waals surface area contributed by atoms with Gasteiger partial charge in [0.2, 0.25) is 0 Å². The Bertz CT molecular complexity index is 496. The van der Waals surface area contributed by atoms with E-state index >= 15 is 0 Å². The van der Waals surface area contributed by atoms with E-state index in [2.05, 4.69) is 12.0 Å². The second-order valence-electron chi connectivity index (χ2n) is 3.90. The summed E-state index contributed by atoms with van der Waals surface area (Å²) >= 11 is 0. The highest BCUT2D eigenvalue weighted by atomic mass is 16.1. The zero-order chi connectivity index (χ0) is 11.4. The van der Waals surface area contributed by atoms with E-state index in [4.69, 9.17) is 0 Å². The number of H-pyrrole nitrogens is 1. The molecule has 3 heteroatoms. The first-order valence-electron chi connectivity index (χ1n) is 5.66. The van der Waals surface area contributed by atoms with Crippen molar-refractivity contribution < 1.29 is 0 Å². The van der Waals surface area contributed by atoms with Crippen molar-refractivity contribution in [2.75, 3.05) is 0 Å². The Morgan fingerprint density at radius 3 is 2.69 bits per heavy atom. The molecule has 0 aliphatic rings. The van der Waals surface area contributed by atoms with E-state index < -0.39 is 0 Å². The molecule has 0 saturated carbocycles. The van der Waals surface area contributed by atoms with E-state index in [-0.39, 0.29) is 5.56 Å². The number of hydrogen-bond donors (Lipinski definition) is 1. The van der Waals surface area contributed by atoms with Crippen molar-refractivity contribution in [3.63, 3.8) is 0 Å². The van der Waals surface area contributed by atoms with Crippen LogP contribution in [0.15, 0.2) is 41.3 Å². The first kappa shape index (κ1) is 10.7. The Balaban J connectivity index is 2.29. The van der Waals surface area contributed by atoms with Crippen molar-refractivity contribution in [2.24, 2.45) is 0 Å². The van der Waals surface area contributed by atoms with E-state index in [0.29, 0.717) is 0 Å². The van der Waals surface area contributed by atoms with Crippen LogP contribution in [0.5, 0.6) is 0 Å². The number of benzene rings is 1. The molecule has 0 radical (unpaired) electrons. The maximum Gasteiger partial charge on any atom is 0.271 e. The number of nitrogens with one attached hydrogen (secondary N) is 1. The molecule has 2 rings (SSSR count). The Kier molecular flexibility index (Phi) is 3.25. The van der Waals surface area contributed by atoms with E-state index in [1.165, 1.54) is 0 Å². The molecule has 1 heterocycles. The van der Waals surface area contributed by atoms with Gasteiger partial charge in [0.05, 0.1) is 5.56 Å². The zero-order valence-electron chi connectivity index (χ0n) is 9.44. The maximum atomic E-state index is 11.7. The van der Waals surface area contributed by atoms with E-state index in [0.717, 1.165) is 30.5 Å². The lowest BCUT2D eigenvalue weighted by molar-refractivity contribution is 0.568. The minimum Gasteiger partial charge on any atom is -0.292 e. The monoisotopic (exact) mass is 216 g/mol. The van der Waals surface area contributed by atoms with Crippen LogP contribution in [0.2, 0.25) is 0 Å². The Hall–Kier alpha value is -1.77. The summed E-state index contributed by atoms with van der Waals surface area (Å²) in [6, 6.07) is 9.74. The summed E-state index contributed by atoms with van der Waals surface area (Å²) in [5.74, 6) is 0. The molecule has 0 amide bonds. The van der Waals surface area contributed by atoms with Gasteiger partial charge in [0, 0.05) is 12.7 Å². The van der Waals surface area contributed by atoms with Crippen LogP contribution in [0.4, 0.5) is 0 Å². The van der Waals surface area contributed by atoms with Crippen molar-refractivity contribution in [3.8, 4) is 11.1 Å². The summed E-state index contributed by atoms with van der Waals surface area (Å²) in [5, 5.41) is 2.84. The standard InChI is InChI=1S/C13H16N2O/c1-2-3-9-15-10-12(13(16)14-15)11-7-5-4-6-8-11/h4-8,10H,2-3,9H2,1H3,(H,14,16). The van der Waals surface area contributed by atoms with Gasteiger partial charge in [-0.2, -0.15) is 0 Å². The molecule has 1 N–H and O–H groups in total. The number of aryl methyl sites for hydroxylation is 1. The van der Waals surface area contributed by atoms with Crippen LogP contribution in [-0.4, -0.2) is 9.78 Å². The van der Waals surface area contributed by atoms with Crippen molar-refractivity contribution in [1.29, 1.82) is 0 Å². The first-order chi connectivity index (χ1) is 7.81. The fourth-order valence-electron chi connectivity index (χ4n) is 1.71. The van der Waals surface area contributed by atoms with Gasteiger partial charge in [-0.05, 0) is 12.0 Å². The molecule has 0 atom stereocenters. The molecule has 2 aromatic rings. The maximum absolute atomic E-state index is 11.7. The number of aromatic nitrogens is 2. The third-order valence-corrected chi connectivity index (χ3v) is 2.61. The van der Waals surface area contributed by atoms with Crippen LogP contribution in [0.3, 0.4) is 0 Å². The van der Waals surface area contributed by atoms with Gasteiger partial charge in [0.1, 0.15) is 0 Å². The summed E-state index contributed by atoms with van der Waals surface area (Å²) in [7, 11) is 0. The van der Waals surface area contributed by atoms with Crippen LogP contribution >= 0.6 is 0 Å². The van der Waals surface area contributed by atoms with Gasteiger partial charge in [-0.15, -0.1) is 0 Å². The lowest BCUT2D eigenvalue weighted by atomic mass is 10.1. The number of hydrogen-bond acceptors (Lipinski definition) is 1. The Morgan fingerprint density at radius 2 is 2.00 bits per heavy atom. The molecule has 0 aliphatic carbocycles. The Morgan fingerprint density at radius 1 is 1.25 bits per heavy atom. The zero-order valence-corrected chi connectivity index (χ0v) is 9.44. The average Bonchev–Trinajstić information content (AvgIpc) is 2.69. The smallest absolute Gasteiger partial charge is 0.271 e. The van der Waals surface area contributed by atoms with Crippen LogP contribution < -0.4 is 5.56 Å². The summed E-state index contributed by atoms with van der Waals surface area (Å²) in [5.41, 5.74) is 1.71. The number of unbranched alkanes of at least 4 members (excludes halogenated alkanes) is 1. The van der Waals surface area contributed by atoms with E-state index in [1.807, 2.05) is 41.2 Å². The fraction of sp³-hybridized carbons (Fsp3) is 0.308. The molecule has 0 saturated heterocycles. The molecule has 1 aromatic carbocycles. The lowest BCUT2D eigenvalue weighted by Gasteiger charge is -1.98. The third-order valence-electron chi connectivity index (χ3n) is 2.61. The number of aromatic amines is 1. The quantitative estimate of drug-likeness (QED) is 0.838. The van der Waals surface area contributed by atoms with E-state index in [1.54, 1.807) is 0 Å². The molecule has 0 bridgehead atoms. The minimum absolute atomic E-state index is 0.0118. The fourth-order valence-corrected chi connectivity index (χ4v) is 1.71. The molecule has 3 nitrogen and oxygen atoms in total. The highest BCUT2D eigenvalue weighted by Gasteiger charge is 2.05. The van der Waals surface area contributed by atoms with Crippen LogP contribution in [0, 0.1) is 0 Å². The molecule has 16 heavy (non-hydrogen) atoms. The van der Waals surface area contributed by atoms with Gasteiger partial charge in [-0.25, -0.2) is 0 Å². The highest BCUT2D eigenvalue weighted by molar-refractivity contribution is 5.61. The molecule has 84 valence electrons. The lowest BCUT2D eigenvalue weighted by Crippen LogP contribution is -2.06. The van der Waals surface area contributed by atoms with Crippen molar-refractivity contribution in [2.45, 2.75) is 26.3 Å². The summed E-state index contributed by atoms with van der Waals surface area (Å²) in [4.78, 5) is 11.7. The normalized spacial score (nSPS) is 10.6. The molecular formula is C13H16N2O. The van der Waals surface area contributed by atoms with Crippen LogP contribution in [-0.2, 0) is 6.54 Å². The minimum atomic E-state index is -0.0118. The third kappa shape index (κ3) is 2.24. The average molecular weight is 216 g/mol. The summed E-state index contributed by atoms with van der Waals surface area (Å²) < 4.78 is 1.87. The second-order valence-corrected chi connectivity index (χ2v) is 3.90. The highest BCUT2D eigenvalue weighted by Crippen LogP contribution is 2.13. The topological polar surface area (TPSA) is 37.8 Å². The molecule has 0 unspecified atom stereocenters. The van der Waals surface area contributed by atoms with Crippen molar-refractivity contribution in [1.82, 2.24) is 9.78 Å². The van der Waals surface area contributed by atoms with Crippen LogP contribution in [0.25, 0.3) is 11.1 Å². The van der Waals surface area contributed by atoms with Crippen molar-refractivity contribution in [3.05, 3.63) is 46.9 Å². The summed E-state index contributed by atoms with van der Waals surface area (Å²) in [6.45, 7) is 3.01. The predicted octanol–water partition coefficient (Wildman–Crippen LogP) is 2.64. The number of rotatable bonds is 4. The number of nitrogens with zero attached hydrogens (tertiary/aromatic N) is 1. The van der Waals surface area contributed by atoms with Gasteiger partial charge < -0.3 is 0 Å². The predicted molar refractivity (Wildman–Crippen MR) is 65.4 cm³/mol. The van der Waals surface area contributed by atoms with Crippen LogP contribution in [0.1, 0.15) is 19.8 Å². The molecule has 1 aromatic heterocycles. The van der Waals surface area contributed by atoms with Gasteiger partial charge >= 0.3 is 0 Å². The molecular weight excluding hydrogens is 200 g/mol. The van der Waals surface area contributed by atoms with E-state index in [9.17, 15) is 4.79 Å². The molecule has 0 spiro atoms. The van der Waals surface area contributed by atoms with Gasteiger partial charge in [-0.3, -0.25) is 14.6 Å². The molecule has 0 fully saturated rings. The summed E-state index contributed by atoms with van der Waals surface area (Å²) in [6.07, 6.45) is 4.10. The van der Waals surface area contributed by atoms with Crippen molar-refractivity contribution >= 4 is 0 Å². The largest absolute Gasteiger partial charge is 0.292 e. The second kappa shape index (κ2) is 4.84. The molecule has 0 aliphatic heterocycles. The SMILES string of the molecule is CCCCn1cc(-c2ccccc2)c(=O)[nH]1. The van der Waals surface area contributed by atoms with Gasteiger partial charge in [0.25, 0.3) is 5.56 Å². The van der Waals surface area contributed by atoms with Gasteiger partial charge in [-0.1, -0.05) is 43.7 Å². The Labute approximate surface area is 94.7 Å².